The number of rotatable bonds is 5. The number of hydrogen-bond donors (Lipinski definition) is 1. The van der Waals surface area contributed by atoms with Gasteiger partial charge in [0, 0.05) is 5.56 Å². The summed E-state index contributed by atoms with van der Waals surface area (Å²) in [5.41, 5.74) is 3.82. The number of aromatic nitrogens is 5. The summed E-state index contributed by atoms with van der Waals surface area (Å²) in [6.45, 7) is 2.61. The van der Waals surface area contributed by atoms with Crippen LogP contribution in [-0.2, 0) is 6.54 Å². The van der Waals surface area contributed by atoms with Crippen LogP contribution < -0.4 is 9.47 Å². The molecule has 0 fully saturated rings. The van der Waals surface area contributed by atoms with Gasteiger partial charge in [-0.2, -0.15) is 5.10 Å². The zero-order valence-electron chi connectivity index (χ0n) is 12.7. The van der Waals surface area contributed by atoms with Gasteiger partial charge in [-0.25, -0.2) is 4.68 Å². The predicted octanol–water partition coefficient (Wildman–Crippen LogP) is 2.04. The highest BCUT2D eigenvalue weighted by Gasteiger charge is 2.10. The molecule has 0 aliphatic rings. The molecule has 0 aliphatic heterocycles. The van der Waals surface area contributed by atoms with E-state index in [4.69, 9.17) is 9.47 Å². The summed E-state index contributed by atoms with van der Waals surface area (Å²) in [7, 11) is 3.22. The van der Waals surface area contributed by atoms with Crippen molar-refractivity contribution in [1.82, 2.24) is 25.2 Å². The largest absolute Gasteiger partial charge is 0.493 e. The highest BCUT2D eigenvalue weighted by molar-refractivity contribution is 5.63. The molecule has 0 saturated heterocycles. The van der Waals surface area contributed by atoms with Crippen molar-refractivity contribution in [3.63, 3.8) is 0 Å². The van der Waals surface area contributed by atoms with Crippen molar-refractivity contribution in [2.24, 2.45) is 0 Å². The van der Waals surface area contributed by atoms with Crippen LogP contribution in [0.5, 0.6) is 11.5 Å². The minimum atomic E-state index is 0.603. The summed E-state index contributed by atoms with van der Waals surface area (Å²) in [6, 6.07) is 5.66. The van der Waals surface area contributed by atoms with Crippen LogP contribution >= 0.6 is 0 Å². The maximum Gasteiger partial charge on any atom is 0.161 e. The lowest BCUT2D eigenvalue weighted by Crippen LogP contribution is -2.02. The van der Waals surface area contributed by atoms with Gasteiger partial charge in [-0.1, -0.05) is 5.21 Å². The molecule has 2 heterocycles. The van der Waals surface area contributed by atoms with Gasteiger partial charge in [0.05, 0.1) is 38.9 Å². The summed E-state index contributed by atoms with van der Waals surface area (Å²) in [4.78, 5) is 0. The Morgan fingerprint density at radius 1 is 1.18 bits per heavy atom. The van der Waals surface area contributed by atoms with Gasteiger partial charge in [-0.3, -0.25) is 5.10 Å². The topological polar surface area (TPSA) is 77.9 Å². The monoisotopic (exact) mass is 299 g/mol. The van der Waals surface area contributed by atoms with Crippen LogP contribution in [0, 0.1) is 6.92 Å². The summed E-state index contributed by atoms with van der Waals surface area (Å²) in [5.74, 6) is 1.35. The van der Waals surface area contributed by atoms with Crippen LogP contribution in [0.1, 0.15) is 11.3 Å². The van der Waals surface area contributed by atoms with Gasteiger partial charge in [0.25, 0.3) is 0 Å². The Morgan fingerprint density at radius 2 is 2.00 bits per heavy atom. The number of methoxy groups -OCH3 is 2. The number of hydrogen-bond acceptors (Lipinski definition) is 5. The van der Waals surface area contributed by atoms with Crippen molar-refractivity contribution < 1.29 is 9.47 Å². The van der Waals surface area contributed by atoms with E-state index in [-0.39, 0.29) is 0 Å². The molecule has 0 radical (unpaired) electrons. The maximum absolute atomic E-state index is 5.31. The van der Waals surface area contributed by atoms with Crippen molar-refractivity contribution in [1.29, 1.82) is 0 Å². The Balaban J connectivity index is 1.86. The first kappa shape index (κ1) is 14.1. The zero-order chi connectivity index (χ0) is 15.5. The molecule has 114 valence electrons. The molecule has 0 amide bonds. The molecule has 1 N–H and O–H groups in total. The number of aromatic amines is 1. The minimum absolute atomic E-state index is 0.603. The SMILES string of the molecule is COc1ccc(-c2cn(Cc3[nH]ncc3C)nn2)cc1OC. The quantitative estimate of drug-likeness (QED) is 0.780. The van der Waals surface area contributed by atoms with Gasteiger partial charge >= 0.3 is 0 Å². The molecule has 0 aliphatic carbocycles. The van der Waals surface area contributed by atoms with E-state index in [1.165, 1.54) is 0 Å². The third kappa shape index (κ3) is 2.65. The molecular formula is C15H17N5O2. The molecular weight excluding hydrogens is 282 g/mol. The molecule has 1 aromatic carbocycles. The van der Waals surface area contributed by atoms with Crippen LogP contribution in [0.15, 0.2) is 30.6 Å². The third-order valence-electron chi connectivity index (χ3n) is 3.47. The first-order valence-electron chi connectivity index (χ1n) is 6.82. The fourth-order valence-corrected chi connectivity index (χ4v) is 2.20. The van der Waals surface area contributed by atoms with E-state index in [2.05, 4.69) is 20.5 Å². The average molecular weight is 299 g/mol. The number of ether oxygens (including phenoxy) is 2. The third-order valence-corrected chi connectivity index (χ3v) is 3.47. The van der Waals surface area contributed by atoms with Gasteiger partial charge in [0.15, 0.2) is 11.5 Å². The first-order valence-corrected chi connectivity index (χ1v) is 6.82. The minimum Gasteiger partial charge on any atom is -0.493 e. The van der Waals surface area contributed by atoms with Crippen LogP contribution in [0.25, 0.3) is 11.3 Å². The van der Waals surface area contributed by atoms with E-state index in [1.54, 1.807) is 25.1 Å². The van der Waals surface area contributed by atoms with Crippen LogP contribution in [-0.4, -0.2) is 39.4 Å². The van der Waals surface area contributed by atoms with Crippen molar-refractivity contribution in [2.45, 2.75) is 13.5 Å². The molecule has 22 heavy (non-hydrogen) atoms. The van der Waals surface area contributed by atoms with E-state index < -0.39 is 0 Å². The highest BCUT2D eigenvalue weighted by Crippen LogP contribution is 2.31. The Bertz CT molecular complexity index is 778. The summed E-state index contributed by atoms with van der Waals surface area (Å²) in [5, 5.41) is 15.3. The second-order valence-electron chi connectivity index (χ2n) is 4.90. The fraction of sp³-hybridized carbons (Fsp3) is 0.267. The van der Waals surface area contributed by atoms with E-state index in [9.17, 15) is 0 Å². The Kier molecular flexibility index (Phi) is 3.78. The maximum atomic E-state index is 5.31. The smallest absolute Gasteiger partial charge is 0.161 e. The van der Waals surface area contributed by atoms with Gasteiger partial charge in [-0.05, 0) is 30.7 Å². The predicted molar refractivity (Wildman–Crippen MR) is 81.0 cm³/mol. The fourth-order valence-electron chi connectivity index (χ4n) is 2.20. The second-order valence-corrected chi connectivity index (χ2v) is 4.90. The molecule has 0 atom stereocenters. The van der Waals surface area contributed by atoms with Crippen LogP contribution in [0.4, 0.5) is 0 Å². The molecule has 0 spiro atoms. The molecule has 7 heteroatoms. The number of aryl methyl sites for hydroxylation is 1. The second kappa shape index (κ2) is 5.88. The average Bonchev–Trinajstić information content (AvgIpc) is 3.17. The number of nitrogens with one attached hydrogen (secondary N) is 1. The summed E-state index contributed by atoms with van der Waals surface area (Å²) in [6.07, 6.45) is 3.68. The van der Waals surface area contributed by atoms with Gasteiger partial charge in [0.2, 0.25) is 0 Å². The molecule has 3 aromatic rings. The number of H-pyrrole nitrogens is 1. The van der Waals surface area contributed by atoms with E-state index >= 15 is 0 Å². The zero-order valence-corrected chi connectivity index (χ0v) is 12.7. The summed E-state index contributed by atoms with van der Waals surface area (Å²) >= 11 is 0. The van der Waals surface area contributed by atoms with E-state index in [1.807, 2.05) is 31.3 Å². The molecule has 0 unspecified atom stereocenters. The van der Waals surface area contributed by atoms with Crippen molar-refractivity contribution >= 4 is 0 Å². The Hall–Kier alpha value is -2.83. The first-order chi connectivity index (χ1) is 10.7. The molecule has 7 nitrogen and oxygen atoms in total. The van der Waals surface area contributed by atoms with Crippen molar-refractivity contribution in [3.05, 3.63) is 41.9 Å². The Labute approximate surface area is 127 Å². The van der Waals surface area contributed by atoms with Crippen molar-refractivity contribution in [3.8, 4) is 22.8 Å². The van der Waals surface area contributed by atoms with E-state index in [0.717, 1.165) is 22.5 Å². The van der Waals surface area contributed by atoms with Crippen molar-refractivity contribution in [2.75, 3.05) is 14.2 Å². The van der Waals surface area contributed by atoms with Crippen LogP contribution in [0.3, 0.4) is 0 Å². The lowest BCUT2D eigenvalue weighted by Gasteiger charge is -2.07. The molecule has 2 aromatic heterocycles. The number of benzene rings is 1. The van der Waals surface area contributed by atoms with Gasteiger partial charge < -0.3 is 9.47 Å². The molecule has 0 bridgehead atoms. The lowest BCUT2D eigenvalue weighted by molar-refractivity contribution is 0.355. The molecule has 3 rings (SSSR count). The standard InChI is InChI=1S/C15H17N5O2/c1-10-7-16-17-12(10)8-20-9-13(18-19-20)11-4-5-14(21-2)15(6-11)22-3/h4-7,9H,8H2,1-3H3,(H,16,17). The number of nitrogens with zero attached hydrogens (tertiary/aromatic N) is 4. The van der Waals surface area contributed by atoms with Gasteiger partial charge in [-0.15, -0.1) is 5.10 Å². The Morgan fingerprint density at radius 3 is 2.68 bits per heavy atom. The van der Waals surface area contributed by atoms with E-state index in [0.29, 0.717) is 18.0 Å². The normalized spacial score (nSPS) is 10.7. The summed E-state index contributed by atoms with van der Waals surface area (Å²) < 4.78 is 12.3. The highest BCUT2D eigenvalue weighted by atomic mass is 16.5. The van der Waals surface area contributed by atoms with Gasteiger partial charge in [0.1, 0.15) is 5.69 Å². The molecule has 0 saturated carbocycles. The lowest BCUT2D eigenvalue weighted by atomic mass is 10.1. The van der Waals surface area contributed by atoms with Crippen LogP contribution in [0.2, 0.25) is 0 Å².